The molecule has 1 aliphatic carbocycles. The second kappa shape index (κ2) is 12.7. The van der Waals surface area contributed by atoms with Crippen molar-refractivity contribution >= 4 is 27.5 Å². The van der Waals surface area contributed by atoms with Gasteiger partial charge in [0.05, 0.1) is 30.5 Å². The molecule has 8 rings (SSSR count). The molecule has 10 heteroatoms. The summed E-state index contributed by atoms with van der Waals surface area (Å²) in [5, 5.41) is 0. The van der Waals surface area contributed by atoms with Crippen LogP contribution in [0.3, 0.4) is 0 Å². The van der Waals surface area contributed by atoms with E-state index in [-0.39, 0.29) is 35.8 Å². The molecule has 5 atom stereocenters. The van der Waals surface area contributed by atoms with E-state index in [0.29, 0.717) is 30.0 Å². The zero-order valence-corrected chi connectivity index (χ0v) is 30.1. The van der Waals surface area contributed by atoms with Crippen molar-refractivity contribution in [2.45, 2.75) is 88.2 Å². The maximum Gasteiger partial charge on any atom is 0.264 e. The first-order valence-corrected chi connectivity index (χ1v) is 19.9. The Bertz CT molecular complexity index is 1910. The van der Waals surface area contributed by atoms with Crippen LogP contribution in [0.1, 0.15) is 96.4 Å². The van der Waals surface area contributed by atoms with E-state index in [0.717, 1.165) is 49.2 Å². The lowest BCUT2D eigenvalue weighted by atomic mass is 9.72. The predicted molar refractivity (Wildman–Crippen MR) is 193 cm³/mol. The molecule has 2 bridgehead atoms. The van der Waals surface area contributed by atoms with Gasteiger partial charge in [0.2, 0.25) is 15.9 Å². The smallest absolute Gasteiger partial charge is 0.264 e. The number of piperidine rings is 1. The number of nitrogens with one attached hydrogen (secondary N) is 1. The summed E-state index contributed by atoms with van der Waals surface area (Å²) in [4.78, 5) is 35.5. The van der Waals surface area contributed by atoms with Crippen LogP contribution < -0.4 is 14.4 Å². The summed E-state index contributed by atoms with van der Waals surface area (Å²) < 4.78 is 34.3. The summed E-state index contributed by atoms with van der Waals surface area (Å²) in [6, 6.07) is 21.2. The van der Waals surface area contributed by atoms with Crippen molar-refractivity contribution in [3.8, 4) is 5.75 Å². The van der Waals surface area contributed by atoms with Crippen molar-refractivity contribution in [1.82, 2.24) is 14.5 Å². The third kappa shape index (κ3) is 5.78. The Hall–Kier alpha value is -3.89. The first-order chi connectivity index (χ1) is 24.0. The van der Waals surface area contributed by atoms with E-state index < -0.39 is 21.3 Å². The van der Waals surface area contributed by atoms with Gasteiger partial charge in [0.1, 0.15) is 5.75 Å². The van der Waals surface area contributed by atoms with Gasteiger partial charge in [-0.15, -0.1) is 0 Å². The van der Waals surface area contributed by atoms with Crippen LogP contribution in [-0.4, -0.2) is 69.5 Å². The number of hydrogen-bond acceptors (Lipinski definition) is 7. The number of amides is 2. The molecule has 0 spiro atoms. The molecular weight excluding hydrogens is 649 g/mol. The van der Waals surface area contributed by atoms with E-state index >= 15 is 0 Å². The maximum absolute atomic E-state index is 14.9. The molecule has 264 valence electrons. The summed E-state index contributed by atoms with van der Waals surface area (Å²) in [5.41, 5.74) is 4.65. The Balaban J connectivity index is 1.21. The molecule has 3 aromatic carbocycles. The van der Waals surface area contributed by atoms with E-state index in [4.69, 9.17) is 4.74 Å². The van der Waals surface area contributed by atoms with Gasteiger partial charge in [-0.05, 0) is 98.5 Å². The average Bonchev–Trinajstić information content (AvgIpc) is 3.73. The van der Waals surface area contributed by atoms with Gasteiger partial charge in [-0.3, -0.25) is 14.5 Å². The molecule has 5 unspecified atom stereocenters. The number of benzene rings is 3. The Morgan fingerprint density at radius 3 is 2.40 bits per heavy atom. The standard InChI is InChI=1S/C40H48N4O5S/c1-40(39(46)44-30-15-19-35(44)42(2)23-30)22-29-20-31(49-3)16-18-32(29)37-36(27-12-8-5-9-13-27)33-17-14-28(21-34(33)43(37)25-40)38(45)41-50(47,48)24-26-10-6-4-7-11-26/h4,6-7,10-11,14,16-18,20-21,27,30,35-37H,5,8-9,12-13,15,19,22-25H2,1-3H3,(H,41,45). The van der Waals surface area contributed by atoms with Gasteiger partial charge in [-0.1, -0.05) is 61.7 Å². The molecule has 4 heterocycles. The third-order valence-electron chi connectivity index (χ3n) is 12.2. The Morgan fingerprint density at radius 1 is 0.940 bits per heavy atom. The quantitative estimate of drug-likeness (QED) is 0.324. The number of likely N-dealkylation sites (N-methyl/N-ethyl adjacent to an activating group) is 1. The van der Waals surface area contributed by atoms with E-state index in [1.807, 2.05) is 18.2 Å². The van der Waals surface area contributed by atoms with Crippen LogP contribution in [0.25, 0.3) is 0 Å². The maximum atomic E-state index is 14.9. The van der Waals surface area contributed by atoms with Crippen molar-refractivity contribution in [2.24, 2.45) is 11.3 Å². The highest BCUT2D eigenvalue weighted by atomic mass is 32.2. The third-order valence-corrected chi connectivity index (χ3v) is 13.5. The van der Waals surface area contributed by atoms with E-state index in [1.165, 1.54) is 30.4 Å². The number of hydrogen-bond donors (Lipinski definition) is 1. The zero-order valence-electron chi connectivity index (χ0n) is 29.3. The molecule has 9 nitrogen and oxygen atoms in total. The van der Waals surface area contributed by atoms with Crippen molar-refractivity contribution in [3.05, 3.63) is 94.5 Å². The van der Waals surface area contributed by atoms with Crippen LogP contribution in [0, 0.1) is 11.3 Å². The van der Waals surface area contributed by atoms with Crippen LogP contribution in [0.5, 0.6) is 5.75 Å². The first-order valence-electron chi connectivity index (χ1n) is 18.2. The molecule has 1 saturated carbocycles. The van der Waals surface area contributed by atoms with Crippen LogP contribution in [0.2, 0.25) is 0 Å². The van der Waals surface area contributed by atoms with Crippen molar-refractivity contribution in [2.75, 3.05) is 32.1 Å². The average molecular weight is 697 g/mol. The minimum atomic E-state index is -3.93. The van der Waals surface area contributed by atoms with Gasteiger partial charge in [0, 0.05) is 36.3 Å². The van der Waals surface area contributed by atoms with Gasteiger partial charge in [0.25, 0.3) is 5.91 Å². The molecule has 0 aromatic heterocycles. The second-order valence-electron chi connectivity index (χ2n) is 15.6. The topological polar surface area (TPSA) is 99.3 Å². The number of fused-ring (bicyclic) bond motifs is 7. The minimum Gasteiger partial charge on any atom is -0.497 e. The fourth-order valence-electron chi connectivity index (χ4n) is 10.00. The summed E-state index contributed by atoms with van der Waals surface area (Å²) in [6.45, 7) is 3.53. The van der Waals surface area contributed by atoms with Crippen LogP contribution in [-0.2, 0) is 27.0 Å². The summed E-state index contributed by atoms with van der Waals surface area (Å²) in [7, 11) is -0.118. The zero-order chi connectivity index (χ0) is 34.8. The van der Waals surface area contributed by atoms with Crippen molar-refractivity contribution in [1.29, 1.82) is 0 Å². The molecule has 2 amide bonds. The Labute approximate surface area is 296 Å². The van der Waals surface area contributed by atoms with E-state index in [9.17, 15) is 18.0 Å². The predicted octanol–water partition coefficient (Wildman–Crippen LogP) is 6.01. The van der Waals surface area contributed by atoms with Gasteiger partial charge < -0.3 is 14.5 Å². The first kappa shape index (κ1) is 33.3. The van der Waals surface area contributed by atoms with Crippen LogP contribution >= 0.6 is 0 Å². The van der Waals surface area contributed by atoms with E-state index in [2.05, 4.69) is 51.6 Å². The molecule has 50 heavy (non-hydrogen) atoms. The van der Waals surface area contributed by atoms with Crippen molar-refractivity contribution < 1.29 is 22.7 Å². The number of carbonyl (C=O) groups excluding carboxylic acids is 2. The number of likely N-dealkylation sites (tertiary alicyclic amines) is 1. The Morgan fingerprint density at radius 2 is 1.70 bits per heavy atom. The molecule has 4 aliphatic heterocycles. The number of rotatable bonds is 7. The van der Waals surface area contributed by atoms with Gasteiger partial charge in [-0.25, -0.2) is 13.1 Å². The Kier molecular flexibility index (Phi) is 8.45. The molecule has 3 aromatic rings. The lowest BCUT2D eigenvalue weighted by Crippen LogP contribution is -2.51. The second-order valence-corrected chi connectivity index (χ2v) is 17.3. The number of nitrogens with zero attached hydrogens (tertiary/aromatic N) is 3. The minimum absolute atomic E-state index is 0.0123. The summed E-state index contributed by atoms with van der Waals surface area (Å²) >= 11 is 0. The molecule has 1 N–H and O–H groups in total. The highest BCUT2D eigenvalue weighted by Crippen LogP contribution is 2.58. The van der Waals surface area contributed by atoms with E-state index in [1.54, 1.807) is 37.4 Å². The highest BCUT2D eigenvalue weighted by molar-refractivity contribution is 7.89. The number of carbonyl (C=O) groups is 2. The number of anilines is 1. The molecule has 2 saturated heterocycles. The fourth-order valence-corrected chi connectivity index (χ4v) is 11.1. The fraction of sp³-hybridized carbons (Fsp3) is 0.500. The molecule has 5 aliphatic rings. The molecule has 0 radical (unpaired) electrons. The summed E-state index contributed by atoms with van der Waals surface area (Å²) in [5.74, 6) is 0.693. The monoisotopic (exact) mass is 696 g/mol. The lowest BCUT2D eigenvalue weighted by Gasteiger charge is -2.39. The normalized spacial score (nSPS) is 27.7. The van der Waals surface area contributed by atoms with Crippen molar-refractivity contribution in [3.63, 3.8) is 0 Å². The summed E-state index contributed by atoms with van der Waals surface area (Å²) in [6.07, 6.45) is 8.66. The highest BCUT2D eigenvalue weighted by Gasteiger charge is 2.55. The number of sulfonamides is 1. The molecular formula is C40H48N4O5S. The van der Waals surface area contributed by atoms with Gasteiger partial charge in [0.15, 0.2) is 0 Å². The van der Waals surface area contributed by atoms with Gasteiger partial charge in [-0.2, -0.15) is 0 Å². The number of methoxy groups -OCH3 is 1. The van der Waals surface area contributed by atoms with Crippen LogP contribution in [0.4, 0.5) is 5.69 Å². The van der Waals surface area contributed by atoms with Crippen LogP contribution in [0.15, 0.2) is 66.7 Å². The molecule has 3 fully saturated rings. The lowest BCUT2D eigenvalue weighted by molar-refractivity contribution is -0.143. The van der Waals surface area contributed by atoms with Gasteiger partial charge >= 0.3 is 0 Å². The number of ether oxygens (including phenoxy) is 1. The largest absolute Gasteiger partial charge is 0.497 e. The SMILES string of the molecule is COc1ccc2c(c1)CC(C)(C(=O)N1C3CCC1N(C)C3)CN1c3cc(C(=O)NS(=O)(=O)Cc4ccccc4)ccc3C(C3CCCCC3)C21.